The van der Waals surface area contributed by atoms with Crippen LogP contribution in [-0.2, 0) is 16.1 Å². The molecule has 5 nitrogen and oxygen atoms in total. The summed E-state index contributed by atoms with van der Waals surface area (Å²) in [7, 11) is 2.97. The molecule has 1 fully saturated rings. The highest BCUT2D eigenvalue weighted by atomic mass is 19.1. The average Bonchev–Trinajstić information content (AvgIpc) is 2.90. The summed E-state index contributed by atoms with van der Waals surface area (Å²) in [4.78, 5) is 14.1. The Morgan fingerprint density at radius 3 is 2.71 bits per heavy atom. The van der Waals surface area contributed by atoms with Crippen molar-refractivity contribution in [2.45, 2.75) is 26.4 Å². The lowest BCUT2D eigenvalue weighted by Crippen LogP contribution is -2.43. The number of carbonyl (C=O) groups is 1. The van der Waals surface area contributed by atoms with Gasteiger partial charge in [-0.05, 0) is 29.5 Å². The highest BCUT2D eigenvalue weighted by Gasteiger charge is 2.35. The maximum Gasteiger partial charge on any atom is 0.246 e. The van der Waals surface area contributed by atoms with Gasteiger partial charge in [-0.15, -0.1) is 0 Å². The Morgan fingerprint density at radius 2 is 2.12 bits per heavy atom. The van der Waals surface area contributed by atoms with Crippen LogP contribution in [0.1, 0.15) is 19.4 Å². The smallest absolute Gasteiger partial charge is 0.246 e. The summed E-state index contributed by atoms with van der Waals surface area (Å²) < 4.78 is 23.7. The van der Waals surface area contributed by atoms with E-state index in [1.807, 2.05) is 6.07 Å². The van der Waals surface area contributed by atoms with Gasteiger partial charge in [0.2, 0.25) is 5.91 Å². The second-order valence-electron chi connectivity index (χ2n) is 6.68. The van der Waals surface area contributed by atoms with Crippen molar-refractivity contribution >= 4 is 5.91 Å². The number of carbonyl (C=O) groups excluding carboxylic acids is 1. The molecule has 1 aromatic carbocycles. The van der Waals surface area contributed by atoms with Crippen LogP contribution in [0, 0.1) is 17.7 Å². The van der Waals surface area contributed by atoms with Gasteiger partial charge in [0.15, 0.2) is 11.6 Å². The lowest BCUT2D eigenvalue weighted by atomic mass is 9.91. The van der Waals surface area contributed by atoms with Crippen molar-refractivity contribution in [2.24, 2.45) is 11.8 Å². The Balaban J connectivity index is 2.01. The van der Waals surface area contributed by atoms with Crippen LogP contribution >= 0.6 is 0 Å². The van der Waals surface area contributed by atoms with Crippen LogP contribution in [0.3, 0.4) is 0 Å². The van der Waals surface area contributed by atoms with Crippen molar-refractivity contribution in [1.29, 1.82) is 0 Å². The van der Waals surface area contributed by atoms with Gasteiger partial charge in [0, 0.05) is 32.8 Å². The number of nitrogens with zero attached hydrogens (tertiary/aromatic N) is 1. The number of likely N-dealkylation sites (tertiary alicyclic amines) is 1. The Hall–Kier alpha value is -1.66. The van der Waals surface area contributed by atoms with E-state index in [4.69, 9.17) is 9.47 Å². The van der Waals surface area contributed by atoms with Crippen LogP contribution in [0.4, 0.5) is 4.39 Å². The zero-order chi connectivity index (χ0) is 17.7. The van der Waals surface area contributed by atoms with Crippen LogP contribution in [0.15, 0.2) is 18.2 Å². The van der Waals surface area contributed by atoms with Crippen molar-refractivity contribution in [1.82, 2.24) is 10.2 Å². The molecule has 0 bridgehead atoms. The summed E-state index contributed by atoms with van der Waals surface area (Å²) in [6, 6.07) is 5.14. The van der Waals surface area contributed by atoms with Gasteiger partial charge in [-0.25, -0.2) is 4.39 Å². The van der Waals surface area contributed by atoms with Crippen LogP contribution in [0.5, 0.6) is 5.75 Å². The van der Waals surface area contributed by atoms with E-state index in [2.05, 4.69) is 24.1 Å². The first-order valence-corrected chi connectivity index (χ1v) is 8.27. The molecule has 2 atom stereocenters. The lowest BCUT2D eigenvalue weighted by molar-refractivity contribution is -0.125. The summed E-state index contributed by atoms with van der Waals surface area (Å²) in [6.07, 6.45) is 0. The number of ether oxygens (including phenoxy) is 2. The summed E-state index contributed by atoms with van der Waals surface area (Å²) in [5.41, 5.74) is 0.902. The molecule has 0 radical (unpaired) electrons. The third-order valence-corrected chi connectivity index (χ3v) is 4.54. The summed E-state index contributed by atoms with van der Waals surface area (Å²) in [5.74, 6) is 0.638. The predicted octanol–water partition coefficient (Wildman–Crippen LogP) is 2.05. The fourth-order valence-corrected chi connectivity index (χ4v) is 3.32. The number of hydrogen-bond donors (Lipinski definition) is 1. The van der Waals surface area contributed by atoms with E-state index in [-0.39, 0.29) is 30.1 Å². The first-order valence-electron chi connectivity index (χ1n) is 8.27. The maximum atomic E-state index is 13.8. The molecule has 0 saturated carbocycles. The Labute approximate surface area is 143 Å². The minimum atomic E-state index is -0.348. The fraction of sp³-hybridized carbons (Fsp3) is 0.611. The topological polar surface area (TPSA) is 50.8 Å². The predicted molar refractivity (Wildman–Crippen MR) is 90.4 cm³/mol. The van der Waals surface area contributed by atoms with E-state index in [0.717, 1.165) is 18.7 Å². The highest BCUT2D eigenvalue weighted by molar-refractivity contribution is 5.77. The van der Waals surface area contributed by atoms with Crippen molar-refractivity contribution in [3.8, 4) is 5.75 Å². The van der Waals surface area contributed by atoms with Gasteiger partial charge < -0.3 is 14.8 Å². The monoisotopic (exact) mass is 338 g/mol. The van der Waals surface area contributed by atoms with Crippen LogP contribution in [0.25, 0.3) is 0 Å². The number of rotatable bonds is 7. The van der Waals surface area contributed by atoms with Crippen molar-refractivity contribution in [2.75, 3.05) is 33.9 Å². The van der Waals surface area contributed by atoms with Gasteiger partial charge in [-0.1, -0.05) is 19.9 Å². The van der Waals surface area contributed by atoms with Crippen LogP contribution in [-0.4, -0.2) is 50.8 Å². The average molecular weight is 338 g/mol. The lowest BCUT2D eigenvalue weighted by Gasteiger charge is -2.22. The van der Waals surface area contributed by atoms with Crippen molar-refractivity contribution in [3.05, 3.63) is 29.6 Å². The van der Waals surface area contributed by atoms with Gasteiger partial charge >= 0.3 is 0 Å². The van der Waals surface area contributed by atoms with E-state index in [0.29, 0.717) is 18.4 Å². The van der Waals surface area contributed by atoms with E-state index >= 15 is 0 Å². The minimum absolute atomic E-state index is 0.0744. The van der Waals surface area contributed by atoms with Gasteiger partial charge in [-0.3, -0.25) is 9.69 Å². The molecule has 24 heavy (non-hydrogen) atoms. The van der Waals surface area contributed by atoms with E-state index in [9.17, 15) is 9.18 Å². The number of benzene rings is 1. The molecule has 1 N–H and O–H groups in total. The maximum absolute atomic E-state index is 13.8. The SMILES string of the molecule is COCC(=O)NC1CN(Cc2ccc(OC)c(F)c2)CC1C(C)C. The Kier molecular flexibility index (Phi) is 6.57. The zero-order valence-corrected chi connectivity index (χ0v) is 14.8. The molecule has 1 aliphatic rings. The molecule has 1 aliphatic heterocycles. The first-order chi connectivity index (χ1) is 11.4. The Bertz CT molecular complexity index is 565. The molecule has 1 aromatic rings. The normalized spacial score (nSPS) is 21.2. The van der Waals surface area contributed by atoms with Crippen molar-refractivity contribution in [3.63, 3.8) is 0 Å². The largest absolute Gasteiger partial charge is 0.494 e. The zero-order valence-electron chi connectivity index (χ0n) is 14.8. The van der Waals surface area contributed by atoms with Gasteiger partial charge in [0.1, 0.15) is 6.61 Å². The quantitative estimate of drug-likeness (QED) is 0.827. The molecule has 1 amide bonds. The molecular formula is C18H27FN2O3. The molecule has 6 heteroatoms. The van der Waals surface area contributed by atoms with Gasteiger partial charge in [0.05, 0.1) is 7.11 Å². The second kappa shape index (κ2) is 8.44. The molecular weight excluding hydrogens is 311 g/mol. The minimum Gasteiger partial charge on any atom is -0.494 e. The number of amides is 1. The standard InChI is InChI=1S/C18H27FN2O3/c1-12(2)14-9-21(10-16(14)20-18(22)11-23-3)8-13-5-6-17(24-4)15(19)7-13/h5-7,12,14,16H,8-11H2,1-4H3,(H,20,22). The molecule has 0 spiro atoms. The van der Waals surface area contributed by atoms with Gasteiger partial charge in [-0.2, -0.15) is 0 Å². The summed E-state index contributed by atoms with van der Waals surface area (Å²) in [5, 5.41) is 3.06. The highest BCUT2D eigenvalue weighted by Crippen LogP contribution is 2.26. The number of hydrogen-bond acceptors (Lipinski definition) is 4. The van der Waals surface area contributed by atoms with E-state index < -0.39 is 0 Å². The summed E-state index contributed by atoms with van der Waals surface area (Å²) in [6.45, 7) is 6.69. The molecule has 0 aromatic heterocycles. The number of halogens is 1. The third-order valence-electron chi connectivity index (χ3n) is 4.54. The fourth-order valence-electron chi connectivity index (χ4n) is 3.32. The Morgan fingerprint density at radius 1 is 1.38 bits per heavy atom. The first kappa shape index (κ1) is 18.7. The third kappa shape index (κ3) is 4.68. The molecule has 1 heterocycles. The van der Waals surface area contributed by atoms with Crippen LogP contribution < -0.4 is 10.1 Å². The van der Waals surface area contributed by atoms with E-state index in [1.165, 1.54) is 20.3 Å². The molecule has 134 valence electrons. The number of methoxy groups -OCH3 is 2. The van der Waals surface area contributed by atoms with Gasteiger partial charge in [0.25, 0.3) is 0 Å². The molecule has 1 saturated heterocycles. The van der Waals surface area contributed by atoms with Crippen molar-refractivity contribution < 1.29 is 18.7 Å². The van der Waals surface area contributed by atoms with E-state index in [1.54, 1.807) is 6.07 Å². The second-order valence-corrected chi connectivity index (χ2v) is 6.68. The summed E-state index contributed by atoms with van der Waals surface area (Å²) >= 11 is 0. The molecule has 2 unspecified atom stereocenters. The molecule has 2 rings (SSSR count). The number of nitrogens with one attached hydrogen (secondary N) is 1. The molecule has 0 aliphatic carbocycles. The van der Waals surface area contributed by atoms with Crippen LogP contribution in [0.2, 0.25) is 0 Å².